The fourth-order valence-electron chi connectivity index (χ4n) is 2.15. The van der Waals surface area contributed by atoms with E-state index in [1.165, 1.54) is 0 Å². The normalized spacial score (nSPS) is 17.9. The van der Waals surface area contributed by atoms with Gasteiger partial charge in [0.1, 0.15) is 0 Å². The molecular formula is C16H17N2OPSe. The molecule has 0 bridgehead atoms. The Morgan fingerprint density at radius 1 is 0.810 bits per heavy atom. The Bertz CT molecular complexity index is 594. The summed E-state index contributed by atoms with van der Waals surface area (Å²) in [7, 11) is 0. The first kappa shape index (κ1) is 14.8. The predicted octanol–water partition coefficient (Wildman–Crippen LogP) is 3.08. The summed E-state index contributed by atoms with van der Waals surface area (Å²) >= 11 is 3.22. The number of benzene rings is 1. The number of hydrogen-bond donors (Lipinski definition) is 2. The second kappa shape index (κ2) is 6.74. The molecule has 0 aliphatic heterocycles. The van der Waals surface area contributed by atoms with E-state index >= 15 is 0 Å². The van der Waals surface area contributed by atoms with Gasteiger partial charge in [0.05, 0.1) is 0 Å². The van der Waals surface area contributed by atoms with Gasteiger partial charge in [-0.1, -0.05) is 0 Å². The van der Waals surface area contributed by atoms with Crippen molar-refractivity contribution in [3.05, 3.63) is 78.9 Å². The summed E-state index contributed by atoms with van der Waals surface area (Å²) in [4.78, 5) is 0. The average molecular weight is 363 g/mol. The van der Waals surface area contributed by atoms with Crippen molar-refractivity contribution < 1.29 is 4.52 Å². The van der Waals surface area contributed by atoms with Crippen molar-refractivity contribution in [2.45, 2.75) is 12.1 Å². The number of allylic oxidation sites excluding steroid dienone is 4. The van der Waals surface area contributed by atoms with Gasteiger partial charge in [-0.25, -0.2) is 0 Å². The van der Waals surface area contributed by atoms with Gasteiger partial charge in [0, 0.05) is 0 Å². The van der Waals surface area contributed by atoms with Crippen LogP contribution in [0.1, 0.15) is 0 Å². The molecule has 2 aliphatic rings. The van der Waals surface area contributed by atoms with E-state index in [1.54, 1.807) is 0 Å². The van der Waals surface area contributed by atoms with E-state index in [0.717, 1.165) is 5.75 Å². The molecule has 3 rings (SSSR count). The van der Waals surface area contributed by atoms with E-state index in [1.807, 2.05) is 54.6 Å². The summed E-state index contributed by atoms with van der Waals surface area (Å²) in [6, 6.07) is 8.13. The van der Waals surface area contributed by atoms with Gasteiger partial charge in [-0.2, -0.15) is 0 Å². The van der Waals surface area contributed by atoms with Gasteiger partial charge in [-0.3, -0.25) is 0 Å². The molecule has 108 valence electrons. The second-order valence-electron chi connectivity index (χ2n) is 4.81. The number of rotatable bonds is 6. The van der Waals surface area contributed by atoms with Crippen molar-refractivity contribution >= 4 is 21.1 Å². The van der Waals surface area contributed by atoms with Crippen LogP contribution < -0.4 is 14.7 Å². The zero-order valence-corrected chi connectivity index (χ0v) is 14.0. The number of hydrogen-bond acceptors (Lipinski definition) is 3. The van der Waals surface area contributed by atoms with Crippen LogP contribution in [0, 0.1) is 0 Å². The molecule has 5 heteroatoms. The Labute approximate surface area is 132 Å². The van der Waals surface area contributed by atoms with Gasteiger partial charge in [-0.05, 0) is 0 Å². The molecule has 21 heavy (non-hydrogen) atoms. The molecule has 0 heterocycles. The zero-order chi connectivity index (χ0) is 14.5. The van der Waals surface area contributed by atoms with Crippen molar-refractivity contribution in [1.29, 1.82) is 0 Å². The number of nitrogens with one attached hydrogen (secondary N) is 2. The molecule has 0 unspecified atom stereocenters. The van der Waals surface area contributed by atoms with Gasteiger partial charge < -0.3 is 0 Å². The molecule has 0 fully saturated rings. The molecule has 1 aromatic rings. The van der Waals surface area contributed by atoms with Crippen LogP contribution >= 0.6 is 6.04 Å². The summed E-state index contributed by atoms with van der Waals surface area (Å²) in [5.74, 6) is 0.849. The fraction of sp³-hybridized carbons (Fsp3) is 0.125. The quantitative estimate of drug-likeness (QED) is 0.602. The maximum atomic E-state index is 6.22. The van der Waals surface area contributed by atoms with Crippen LogP contribution in [0.25, 0.3) is 0 Å². The molecule has 0 radical (unpaired) electrons. The molecule has 0 spiro atoms. The van der Waals surface area contributed by atoms with Gasteiger partial charge >= 0.3 is 133 Å². The molecule has 0 saturated heterocycles. The van der Waals surface area contributed by atoms with Crippen molar-refractivity contribution in [1.82, 2.24) is 10.2 Å². The first-order valence-electron chi connectivity index (χ1n) is 6.84. The van der Waals surface area contributed by atoms with Crippen LogP contribution in [0.15, 0.2) is 78.9 Å². The summed E-state index contributed by atoms with van der Waals surface area (Å²) in [5, 5.41) is 7.10. The van der Waals surface area contributed by atoms with E-state index in [4.69, 9.17) is 4.52 Å². The second-order valence-corrected chi connectivity index (χ2v) is 9.84. The summed E-state index contributed by atoms with van der Waals surface area (Å²) in [6.07, 6.45) is 16.6. The van der Waals surface area contributed by atoms with E-state index in [-0.39, 0.29) is 12.1 Å². The summed E-state index contributed by atoms with van der Waals surface area (Å²) in [6.45, 7) is 0. The Kier molecular flexibility index (Phi) is 4.74. The first-order chi connectivity index (χ1) is 10.2. The molecule has 2 N–H and O–H groups in total. The standard InChI is InChI=1S/C16H17N2OPSe/c21-20(17-14-8-4-5-9-14,18-15-10-6-7-11-15)19-16-12-2-1-3-13-16/h1-15H,(H2,17,18,21). The maximum absolute atomic E-state index is 6.22. The Hall–Kier alpha value is -1.15. The third-order valence-electron chi connectivity index (χ3n) is 3.11. The van der Waals surface area contributed by atoms with E-state index in [0.29, 0.717) is 0 Å². The topological polar surface area (TPSA) is 33.3 Å². The van der Waals surface area contributed by atoms with Crippen LogP contribution in [-0.2, 0) is 0 Å². The molecule has 0 atom stereocenters. The van der Waals surface area contributed by atoms with Crippen LogP contribution in [0.3, 0.4) is 0 Å². The van der Waals surface area contributed by atoms with E-state index in [2.05, 4.69) is 49.6 Å². The number of para-hydroxylation sites is 1. The van der Waals surface area contributed by atoms with Crippen molar-refractivity contribution in [3.63, 3.8) is 0 Å². The van der Waals surface area contributed by atoms with Gasteiger partial charge in [0.2, 0.25) is 0 Å². The minimum absolute atomic E-state index is 0.185. The third kappa shape index (κ3) is 4.16. The van der Waals surface area contributed by atoms with Gasteiger partial charge in [0.25, 0.3) is 0 Å². The Morgan fingerprint density at radius 2 is 1.29 bits per heavy atom. The van der Waals surface area contributed by atoms with Crippen LogP contribution in [-0.4, -0.2) is 27.2 Å². The first-order valence-corrected chi connectivity index (χ1v) is 10.8. The predicted molar refractivity (Wildman–Crippen MR) is 90.2 cm³/mol. The van der Waals surface area contributed by atoms with Crippen molar-refractivity contribution in [2.75, 3.05) is 0 Å². The SMILES string of the molecule is [Se]=P(NC1C=CC=C1)(NC1C=CC=C1)Oc1ccccc1. The van der Waals surface area contributed by atoms with Crippen molar-refractivity contribution in [2.24, 2.45) is 0 Å². The van der Waals surface area contributed by atoms with Crippen molar-refractivity contribution in [3.8, 4) is 5.75 Å². The molecule has 0 saturated carbocycles. The third-order valence-corrected chi connectivity index (χ3v) is 6.65. The molecule has 3 nitrogen and oxygen atoms in total. The summed E-state index contributed by atoms with van der Waals surface area (Å²) < 4.78 is 6.22. The Balaban J connectivity index is 1.77. The van der Waals surface area contributed by atoms with Crippen LogP contribution in [0.2, 0.25) is 0 Å². The summed E-state index contributed by atoms with van der Waals surface area (Å²) in [5.41, 5.74) is 0. The van der Waals surface area contributed by atoms with Gasteiger partial charge in [0.15, 0.2) is 0 Å². The minimum atomic E-state index is -2.12. The van der Waals surface area contributed by atoms with E-state index in [9.17, 15) is 0 Å². The molecule has 2 aliphatic carbocycles. The average Bonchev–Trinajstić information content (AvgIpc) is 3.13. The molecule has 0 amide bonds. The molecule has 0 aromatic heterocycles. The van der Waals surface area contributed by atoms with Crippen LogP contribution in [0.4, 0.5) is 0 Å². The van der Waals surface area contributed by atoms with Gasteiger partial charge in [-0.15, -0.1) is 0 Å². The fourth-order valence-corrected chi connectivity index (χ4v) is 5.95. The molecule has 1 aromatic carbocycles. The van der Waals surface area contributed by atoms with E-state index < -0.39 is 6.04 Å². The Morgan fingerprint density at radius 3 is 1.76 bits per heavy atom. The monoisotopic (exact) mass is 364 g/mol. The molecular weight excluding hydrogens is 346 g/mol. The zero-order valence-electron chi connectivity index (χ0n) is 11.4. The van der Waals surface area contributed by atoms with Crippen LogP contribution in [0.5, 0.6) is 5.75 Å².